The Morgan fingerprint density at radius 1 is 1.20 bits per heavy atom. The summed E-state index contributed by atoms with van der Waals surface area (Å²) < 4.78 is 3.33. The third-order valence-corrected chi connectivity index (χ3v) is 4.24. The second-order valence-electron chi connectivity index (χ2n) is 5.96. The number of nitrogens with zero attached hydrogens (tertiary/aromatic N) is 3. The summed E-state index contributed by atoms with van der Waals surface area (Å²) in [5.41, 5.74) is 3.39. The molecule has 0 fully saturated rings. The molecule has 4 rings (SSSR count). The summed E-state index contributed by atoms with van der Waals surface area (Å²) in [6.45, 7) is 1.29. The van der Waals surface area contributed by atoms with Gasteiger partial charge in [0.15, 0.2) is 5.65 Å². The summed E-state index contributed by atoms with van der Waals surface area (Å²) in [5.74, 6) is 0.712. The summed E-state index contributed by atoms with van der Waals surface area (Å²) in [6.07, 6.45) is 6.04. The van der Waals surface area contributed by atoms with Crippen LogP contribution in [0.15, 0.2) is 71.2 Å². The molecular weight excluding hydrogens is 314 g/mol. The molecule has 6 nitrogen and oxygen atoms in total. The number of rotatable bonds is 4. The molecule has 3 heterocycles. The van der Waals surface area contributed by atoms with E-state index in [1.165, 1.54) is 0 Å². The Morgan fingerprint density at radius 2 is 2.04 bits per heavy atom. The first-order valence-corrected chi connectivity index (χ1v) is 8.20. The quantitative estimate of drug-likeness (QED) is 0.770. The average molecular weight is 333 g/mol. The van der Waals surface area contributed by atoms with Crippen LogP contribution in [0.3, 0.4) is 0 Å². The number of nitrogens with one attached hydrogen (secondary N) is 2. The Labute approximate surface area is 145 Å². The van der Waals surface area contributed by atoms with Crippen LogP contribution in [0, 0.1) is 0 Å². The zero-order chi connectivity index (χ0) is 17.2. The number of hydrogen-bond donors (Lipinski definition) is 2. The molecule has 2 aromatic heterocycles. The molecule has 0 atom stereocenters. The lowest BCUT2D eigenvalue weighted by Gasteiger charge is -2.12. The number of allylic oxidation sites excluding steroid dienone is 3. The fourth-order valence-corrected chi connectivity index (χ4v) is 2.95. The molecule has 1 aliphatic rings. The molecule has 0 saturated carbocycles. The number of aryl methyl sites for hydroxylation is 1. The standard InChI is InChI=1S/C19H19N5O/c1-23-18-16(24(19(23)25)13-15-9-5-6-12-20-15)10-11-17(22-18)21-14-7-3-2-4-8-14/h2-11,20H,12-13H2,1H3,(H,21,22). The van der Waals surface area contributed by atoms with E-state index >= 15 is 0 Å². The summed E-state index contributed by atoms with van der Waals surface area (Å²) >= 11 is 0. The van der Waals surface area contributed by atoms with Crippen molar-refractivity contribution in [1.82, 2.24) is 19.4 Å². The van der Waals surface area contributed by atoms with Crippen LogP contribution in [0.2, 0.25) is 0 Å². The predicted molar refractivity (Wildman–Crippen MR) is 99.9 cm³/mol. The van der Waals surface area contributed by atoms with E-state index in [1.54, 1.807) is 16.2 Å². The van der Waals surface area contributed by atoms with Crippen LogP contribution in [0.1, 0.15) is 0 Å². The van der Waals surface area contributed by atoms with E-state index in [9.17, 15) is 4.79 Å². The van der Waals surface area contributed by atoms with E-state index in [-0.39, 0.29) is 5.69 Å². The van der Waals surface area contributed by atoms with E-state index in [1.807, 2.05) is 60.7 Å². The first-order valence-electron chi connectivity index (χ1n) is 8.20. The molecule has 2 N–H and O–H groups in total. The van der Waals surface area contributed by atoms with Crippen molar-refractivity contribution in [3.05, 3.63) is 76.9 Å². The normalized spacial score (nSPS) is 13.6. The van der Waals surface area contributed by atoms with E-state index < -0.39 is 0 Å². The fraction of sp³-hybridized carbons (Fsp3) is 0.158. The smallest absolute Gasteiger partial charge is 0.330 e. The van der Waals surface area contributed by atoms with Gasteiger partial charge in [0.25, 0.3) is 0 Å². The van der Waals surface area contributed by atoms with Crippen LogP contribution >= 0.6 is 0 Å². The third-order valence-electron chi connectivity index (χ3n) is 4.24. The number of anilines is 2. The number of imidazole rings is 1. The molecule has 0 bridgehead atoms. The van der Waals surface area contributed by atoms with Crippen LogP contribution in [0.5, 0.6) is 0 Å². The molecule has 0 spiro atoms. The van der Waals surface area contributed by atoms with Crippen LogP contribution in [-0.4, -0.2) is 20.7 Å². The first kappa shape index (κ1) is 15.3. The molecule has 1 aliphatic heterocycles. The molecule has 3 aromatic rings. The highest BCUT2D eigenvalue weighted by Gasteiger charge is 2.14. The molecule has 0 amide bonds. The third kappa shape index (κ3) is 2.94. The largest absolute Gasteiger partial charge is 0.383 e. The second-order valence-corrected chi connectivity index (χ2v) is 5.96. The van der Waals surface area contributed by atoms with Gasteiger partial charge in [-0.3, -0.25) is 9.13 Å². The lowest BCUT2D eigenvalue weighted by Crippen LogP contribution is -2.27. The summed E-state index contributed by atoms with van der Waals surface area (Å²) in [4.78, 5) is 17.2. The minimum atomic E-state index is -0.0726. The fourth-order valence-electron chi connectivity index (χ4n) is 2.95. The van der Waals surface area contributed by atoms with Gasteiger partial charge in [0.05, 0.1) is 12.1 Å². The number of pyridine rings is 1. The van der Waals surface area contributed by atoms with Crippen LogP contribution in [0.4, 0.5) is 11.5 Å². The van der Waals surface area contributed by atoms with E-state index in [4.69, 9.17) is 0 Å². The van der Waals surface area contributed by atoms with Gasteiger partial charge in [-0.2, -0.15) is 0 Å². The molecule has 0 radical (unpaired) electrons. The van der Waals surface area contributed by atoms with Gasteiger partial charge in [0.1, 0.15) is 5.82 Å². The van der Waals surface area contributed by atoms with Crippen molar-refractivity contribution < 1.29 is 0 Å². The number of dihydropyridines is 1. The topological polar surface area (TPSA) is 63.9 Å². The maximum Gasteiger partial charge on any atom is 0.330 e. The summed E-state index contributed by atoms with van der Waals surface area (Å²) in [6, 6.07) is 13.7. The summed E-state index contributed by atoms with van der Waals surface area (Å²) in [5, 5.41) is 6.55. The first-order chi connectivity index (χ1) is 12.2. The van der Waals surface area contributed by atoms with Crippen molar-refractivity contribution in [3.8, 4) is 0 Å². The molecule has 1 aromatic carbocycles. The van der Waals surface area contributed by atoms with Crippen molar-refractivity contribution in [3.63, 3.8) is 0 Å². The minimum Gasteiger partial charge on any atom is -0.383 e. The Kier molecular flexibility index (Phi) is 3.85. The Morgan fingerprint density at radius 3 is 2.80 bits per heavy atom. The molecule has 0 saturated heterocycles. The van der Waals surface area contributed by atoms with Gasteiger partial charge < -0.3 is 10.6 Å². The van der Waals surface area contributed by atoms with Crippen molar-refractivity contribution in [2.75, 3.05) is 11.9 Å². The van der Waals surface area contributed by atoms with Gasteiger partial charge in [0.2, 0.25) is 0 Å². The number of hydrogen-bond acceptors (Lipinski definition) is 4. The molecule has 0 unspecified atom stereocenters. The molecule has 6 heteroatoms. The van der Waals surface area contributed by atoms with Gasteiger partial charge >= 0.3 is 5.69 Å². The number of aromatic nitrogens is 3. The van der Waals surface area contributed by atoms with Crippen LogP contribution in [0.25, 0.3) is 11.2 Å². The highest BCUT2D eigenvalue weighted by atomic mass is 16.1. The van der Waals surface area contributed by atoms with Crippen LogP contribution < -0.4 is 16.3 Å². The van der Waals surface area contributed by atoms with E-state index in [2.05, 4.69) is 15.6 Å². The number of benzene rings is 1. The zero-order valence-electron chi connectivity index (χ0n) is 13.9. The van der Waals surface area contributed by atoms with Crippen molar-refractivity contribution in [2.24, 2.45) is 7.05 Å². The molecule has 0 aliphatic carbocycles. The maximum atomic E-state index is 12.6. The molecule has 126 valence electrons. The zero-order valence-corrected chi connectivity index (χ0v) is 13.9. The van der Waals surface area contributed by atoms with Crippen molar-refractivity contribution >= 4 is 22.7 Å². The van der Waals surface area contributed by atoms with E-state index in [0.29, 0.717) is 18.0 Å². The van der Waals surface area contributed by atoms with Gasteiger partial charge in [-0.1, -0.05) is 30.4 Å². The maximum absolute atomic E-state index is 12.6. The van der Waals surface area contributed by atoms with Crippen molar-refractivity contribution in [2.45, 2.75) is 6.54 Å². The van der Waals surface area contributed by atoms with Crippen LogP contribution in [-0.2, 0) is 13.6 Å². The lowest BCUT2D eigenvalue weighted by atomic mass is 10.3. The average Bonchev–Trinajstić information content (AvgIpc) is 2.88. The Balaban J connectivity index is 1.71. The van der Waals surface area contributed by atoms with Gasteiger partial charge in [-0.25, -0.2) is 9.78 Å². The van der Waals surface area contributed by atoms with Gasteiger partial charge in [-0.15, -0.1) is 0 Å². The Hall–Kier alpha value is -3.28. The van der Waals surface area contributed by atoms with Gasteiger partial charge in [0, 0.05) is 25.0 Å². The van der Waals surface area contributed by atoms with E-state index in [0.717, 1.165) is 23.4 Å². The SMILES string of the molecule is Cn1c(=O)n(CC2=CC=CCN2)c2ccc(Nc3ccccc3)nc21. The Bertz CT molecular complexity index is 1030. The second kappa shape index (κ2) is 6.32. The lowest BCUT2D eigenvalue weighted by molar-refractivity contribution is 0.680. The molecular formula is C19H19N5O. The predicted octanol–water partition coefficient (Wildman–Crippen LogP) is 2.52. The highest BCUT2D eigenvalue weighted by molar-refractivity contribution is 5.75. The molecule has 25 heavy (non-hydrogen) atoms. The highest BCUT2D eigenvalue weighted by Crippen LogP contribution is 2.18. The summed E-state index contributed by atoms with van der Waals surface area (Å²) in [7, 11) is 1.75. The minimum absolute atomic E-state index is 0.0726. The number of para-hydroxylation sites is 1. The number of fused-ring (bicyclic) bond motifs is 1. The van der Waals surface area contributed by atoms with Gasteiger partial charge in [-0.05, 0) is 30.3 Å². The monoisotopic (exact) mass is 333 g/mol. The van der Waals surface area contributed by atoms with Crippen molar-refractivity contribution in [1.29, 1.82) is 0 Å².